The van der Waals surface area contributed by atoms with E-state index >= 15 is 0 Å². The van der Waals surface area contributed by atoms with Crippen molar-refractivity contribution >= 4 is 11.6 Å². The van der Waals surface area contributed by atoms with Gasteiger partial charge in [-0.3, -0.25) is 4.68 Å². The van der Waals surface area contributed by atoms with Crippen LogP contribution in [0.1, 0.15) is 31.1 Å². The molecule has 0 saturated carbocycles. The van der Waals surface area contributed by atoms with Gasteiger partial charge in [0.1, 0.15) is 5.15 Å². The van der Waals surface area contributed by atoms with Crippen molar-refractivity contribution in [2.45, 2.75) is 32.7 Å². The molecular formula is C8H10ClF3N2O. The number of rotatable bonds is 2. The Morgan fingerprint density at radius 2 is 2.00 bits per heavy atom. The number of hydrogen-bond donors (Lipinski definition) is 1. The predicted octanol–water partition coefficient (Wildman–Crippen LogP) is 2.63. The van der Waals surface area contributed by atoms with E-state index in [-0.39, 0.29) is 16.8 Å². The highest BCUT2D eigenvalue weighted by atomic mass is 35.5. The predicted molar refractivity (Wildman–Crippen MR) is 48.5 cm³/mol. The molecule has 1 aromatic rings. The van der Waals surface area contributed by atoms with Crippen molar-refractivity contribution in [1.29, 1.82) is 0 Å². The zero-order valence-corrected chi connectivity index (χ0v) is 8.89. The van der Waals surface area contributed by atoms with Crippen LogP contribution in [0.5, 0.6) is 0 Å². The molecule has 0 bridgehead atoms. The Balaban J connectivity index is 3.35. The molecule has 0 amide bonds. The first kappa shape index (κ1) is 12.3. The van der Waals surface area contributed by atoms with E-state index in [1.807, 2.05) is 0 Å². The Kier molecular flexibility index (Phi) is 3.30. The fraction of sp³-hybridized carbons (Fsp3) is 0.625. The lowest BCUT2D eigenvalue weighted by Crippen LogP contribution is -2.10. The van der Waals surface area contributed by atoms with Gasteiger partial charge in [0.15, 0.2) is 5.69 Å². The summed E-state index contributed by atoms with van der Waals surface area (Å²) in [6.45, 7) is 2.53. The molecule has 0 atom stereocenters. The second-order valence-electron chi connectivity index (χ2n) is 3.31. The molecule has 15 heavy (non-hydrogen) atoms. The number of aliphatic hydroxyl groups is 1. The molecule has 0 unspecified atom stereocenters. The van der Waals surface area contributed by atoms with Crippen LogP contribution < -0.4 is 0 Å². The Hall–Kier alpha value is -0.750. The van der Waals surface area contributed by atoms with E-state index in [4.69, 9.17) is 16.7 Å². The quantitative estimate of drug-likeness (QED) is 0.866. The van der Waals surface area contributed by atoms with Gasteiger partial charge in [-0.15, -0.1) is 0 Å². The molecule has 86 valence electrons. The van der Waals surface area contributed by atoms with E-state index < -0.39 is 18.5 Å². The summed E-state index contributed by atoms with van der Waals surface area (Å²) in [6, 6.07) is -0.293. The first-order chi connectivity index (χ1) is 6.79. The number of nitrogens with zero attached hydrogens (tertiary/aromatic N) is 2. The van der Waals surface area contributed by atoms with Crippen LogP contribution in [0.3, 0.4) is 0 Å². The molecule has 3 nitrogen and oxygen atoms in total. The minimum absolute atomic E-state index is 0.167. The molecule has 0 fully saturated rings. The zero-order chi connectivity index (χ0) is 11.8. The lowest BCUT2D eigenvalue weighted by molar-refractivity contribution is -0.142. The van der Waals surface area contributed by atoms with Crippen LogP contribution in [-0.2, 0) is 12.8 Å². The third kappa shape index (κ3) is 2.26. The van der Waals surface area contributed by atoms with Gasteiger partial charge in [-0.05, 0) is 13.8 Å². The van der Waals surface area contributed by atoms with Gasteiger partial charge in [0.2, 0.25) is 0 Å². The van der Waals surface area contributed by atoms with Gasteiger partial charge >= 0.3 is 6.18 Å². The van der Waals surface area contributed by atoms with Crippen molar-refractivity contribution in [3.8, 4) is 0 Å². The molecule has 0 aliphatic rings. The summed E-state index contributed by atoms with van der Waals surface area (Å²) in [7, 11) is 0. The third-order valence-corrected chi connectivity index (χ3v) is 2.26. The zero-order valence-electron chi connectivity index (χ0n) is 8.14. The maximum absolute atomic E-state index is 12.4. The summed E-state index contributed by atoms with van der Waals surface area (Å²) in [6.07, 6.45) is -4.60. The molecule has 0 spiro atoms. The summed E-state index contributed by atoms with van der Waals surface area (Å²) in [4.78, 5) is 0. The highest BCUT2D eigenvalue weighted by Crippen LogP contribution is 2.35. The number of halogens is 4. The van der Waals surface area contributed by atoms with Gasteiger partial charge in [0, 0.05) is 11.6 Å². The van der Waals surface area contributed by atoms with Crippen molar-refractivity contribution in [2.24, 2.45) is 0 Å². The summed E-state index contributed by atoms with van der Waals surface area (Å²) >= 11 is 5.67. The van der Waals surface area contributed by atoms with E-state index in [1.165, 1.54) is 0 Å². The van der Waals surface area contributed by atoms with Crippen LogP contribution in [-0.4, -0.2) is 14.9 Å². The lowest BCUT2D eigenvalue weighted by Gasteiger charge is -2.06. The summed E-state index contributed by atoms with van der Waals surface area (Å²) in [5, 5.41) is 12.0. The van der Waals surface area contributed by atoms with Gasteiger partial charge in [-0.25, -0.2) is 0 Å². The molecule has 1 N–H and O–H groups in total. The standard InChI is InChI=1S/C8H10ClF3N2O/c1-4(2)14-7(9)5(3-15)6(13-14)8(10,11)12/h4,15H,3H2,1-2H3. The molecule has 1 aromatic heterocycles. The van der Waals surface area contributed by atoms with Crippen LogP contribution in [0.25, 0.3) is 0 Å². The minimum Gasteiger partial charge on any atom is -0.391 e. The van der Waals surface area contributed by atoms with Gasteiger partial charge in [0.25, 0.3) is 0 Å². The maximum Gasteiger partial charge on any atom is 0.435 e. The minimum atomic E-state index is -4.60. The van der Waals surface area contributed by atoms with E-state index in [2.05, 4.69) is 5.10 Å². The van der Waals surface area contributed by atoms with Crippen LogP contribution in [0.2, 0.25) is 5.15 Å². The van der Waals surface area contributed by atoms with Gasteiger partial charge in [0.05, 0.1) is 6.61 Å². The maximum atomic E-state index is 12.4. The fourth-order valence-corrected chi connectivity index (χ4v) is 1.54. The summed E-state index contributed by atoms with van der Waals surface area (Å²) in [5.74, 6) is 0. The second kappa shape index (κ2) is 4.02. The molecule has 1 heterocycles. The average Bonchev–Trinajstić information content (AvgIpc) is 2.41. The number of hydrogen-bond acceptors (Lipinski definition) is 2. The Bertz CT molecular complexity index is 360. The highest BCUT2D eigenvalue weighted by Gasteiger charge is 2.38. The monoisotopic (exact) mass is 242 g/mol. The number of aromatic nitrogens is 2. The largest absolute Gasteiger partial charge is 0.435 e. The molecule has 0 saturated heterocycles. The Morgan fingerprint density at radius 1 is 1.47 bits per heavy atom. The molecule has 7 heteroatoms. The topological polar surface area (TPSA) is 38.0 Å². The lowest BCUT2D eigenvalue weighted by atomic mass is 10.2. The van der Waals surface area contributed by atoms with E-state index in [0.29, 0.717) is 0 Å². The van der Waals surface area contributed by atoms with Crippen molar-refractivity contribution in [3.05, 3.63) is 16.4 Å². The Morgan fingerprint density at radius 3 is 2.27 bits per heavy atom. The van der Waals surface area contributed by atoms with Crippen LogP contribution >= 0.6 is 11.6 Å². The van der Waals surface area contributed by atoms with Crippen molar-refractivity contribution < 1.29 is 18.3 Å². The van der Waals surface area contributed by atoms with Gasteiger partial charge in [-0.2, -0.15) is 18.3 Å². The number of aliphatic hydroxyl groups excluding tert-OH is 1. The summed E-state index contributed by atoms with van der Waals surface area (Å²) < 4.78 is 38.4. The highest BCUT2D eigenvalue weighted by molar-refractivity contribution is 6.30. The number of alkyl halides is 3. The molecule has 0 aliphatic heterocycles. The van der Waals surface area contributed by atoms with Crippen LogP contribution in [0.4, 0.5) is 13.2 Å². The molecule has 0 radical (unpaired) electrons. The summed E-state index contributed by atoms with van der Waals surface area (Å²) in [5.41, 5.74) is -1.50. The SMILES string of the molecule is CC(C)n1nc(C(F)(F)F)c(CO)c1Cl. The van der Waals surface area contributed by atoms with Crippen molar-refractivity contribution in [3.63, 3.8) is 0 Å². The van der Waals surface area contributed by atoms with Crippen LogP contribution in [0, 0.1) is 0 Å². The van der Waals surface area contributed by atoms with Crippen molar-refractivity contribution in [1.82, 2.24) is 9.78 Å². The molecule has 0 aliphatic carbocycles. The smallest absolute Gasteiger partial charge is 0.391 e. The first-order valence-corrected chi connectivity index (χ1v) is 4.61. The average molecular weight is 243 g/mol. The molecule has 1 rings (SSSR count). The second-order valence-corrected chi connectivity index (χ2v) is 3.67. The fourth-order valence-electron chi connectivity index (χ4n) is 1.16. The van der Waals surface area contributed by atoms with Crippen LogP contribution in [0.15, 0.2) is 0 Å². The van der Waals surface area contributed by atoms with E-state index in [0.717, 1.165) is 4.68 Å². The third-order valence-electron chi connectivity index (χ3n) is 1.86. The normalized spacial score (nSPS) is 12.5. The van der Waals surface area contributed by atoms with Gasteiger partial charge in [-0.1, -0.05) is 11.6 Å². The Labute approximate surface area is 89.5 Å². The van der Waals surface area contributed by atoms with E-state index in [1.54, 1.807) is 13.8 Å². The first-order valence-electron chi connectivity index (χ1n) is 4.24. The molecular weight excluding hydrogens is 233 g/mol. The molecule has 0 aromatic carbocycles. The van der Waals surface area contributed by atoms with Gasteiger partial charge < -0.3 is 5.11 Å². The van der Waals surface area contributed by atoms with Crippen molar-refractivity contribution in [2.75, 3.05) is 0 Å². The van der Waals surface area contributed by atoms with E-state index in [9.17, 15) is 13.2 Å².